The number of aryl methyl sites for hydroxylation is 1. The molecular formula is C18H15NO2. The van der Waals surface area contributed by atoms with E-state index in [9.17, 15) is 0 Å². The van der Waals surface area contributed by atoms with E-state index < -0.39 is 0 Å². The van der Waals surface area contributed by atoms with E-state index in [2.05, 4.69) is 18.2 Å². The number of benzene rings is 2. The topological polar surface area (TPSA) is 31.4 Å². The molecule has 0 radical (unpaired) electrons. The molecule has 0 bridgehead atoms. The molecule has 0 fully saturated rings. The third-order valence-electron chi connectivity index (χ3n) is 4.04. The molecule has 4 rings (SSSR count). The molecule has 0 unspecified atom stereocenters. The van der Waals surface area contributed by atoms with Crippen molar-refractivity contribution in [3.05, 3.63) is 42.1 Å². The number of aromatic nitrogens is 1. The van der Waals surface area contributed by atoms with E-state index in [0.717, 1.165) is 50.3 Å². The Bertz CT molecular complexity index is 884. The Balaban J connectivity index is 2.26. The molecule has 21 heavy (non-hydrogen) atoms. The van der Waals surface area contributed by atoms with Crippen molar-refractivity contribution < 1.29 is 9.47 Å². The molecule has 0 amide bonds. The van der Waals surface area contributed by atoms with Crippen molar-refractivity contribution in [3.63, 3.8) is 0 Å². The number of pyridine rings is 1. The summed E-state index contributed by atoms with van der Waals surface area (Å²) in [6.07, 6.45) is 0. The second-order valence-electron chi connectivity index (χ2n) is 5.24. The number of ether oxygens (including phenoxy) is 2. The Kier molecular flexibility index (Phi) is 2.45. The number of nitrogens with zero attached hydrogens (tertiary/aromatic N) is 1. The molecule has 3 heteroatoms. The van der Waals surface area contributed by atoms with E-state index in [1.165, 1.54) is 0 Å². The fraction of sp³-hybridized carbons (Fsp3) is 0.167. The maximum atomic E-state index is 5.63. The van der Waals surface area contributed by atoms with E-state index in [0.29, 0.717) is 0 Å². The summed E-state index contributed by atoms with van der Waals surface area (Å²) in [6.45, 7) is 2.02. The zero-order chi connectivity index (χ0) is 14.6. The van der Waals surface area contributed by atoms with E-state index in [4.69, 9.17) is 14.5 Å². The normalized spacial score (nSPS) is 11.6. The highest BCUT2D eigenvalue weighted by atomic mass is 16.5. The van der Waals surface area contributed by atoms with Gasteiger partial charge < -0.3 is 9.47 Å². The third kappa shape index (κ3) is 1.51. The van der Waals surface area contributed by atoms with Crippen molar-refractivity contribution in [1.82, 2.24) is 4.98 Å². The van der Waals surface area contributed by atoms with Crippen LogP contribution in [0.5, 0.6) is 11.5 Å². The Hall–Kier alpha value is -2.55. The van der Waals surface area contributed by atoms with Gasteiger partial charge in [-0.3, -0.25) is 4.98 Å². The second kappa shape index (κ2) is 4.22. The third-order valence-corrected chi connectivity index (χ3v) is 4.04. The van der Waals surface area contributed by atoms with Gasteiger partial charge in [-0.05, 0) is 30.0 Å². The van der Waals surface area contributed by atoms with Gasteiger partial charge in [-0.2, -0.15) is 0 Å². The van der Waals surface area contributed by atoms with Gasteiger partial charge in [0, 0.05) is 22.2 Å². The molecule has 1 aliphatic carbocycles. The Morgan fingerprint density at radius 2 is 1.71 bits per heavy atom. The van der Waals surface area contributed by atoms with E-state index in [1.54, 1.807) is 14.2 Å². The lowest BCUT2D eigenvalue weighted by Crippen LogP contribution is -1.94. The minimum Gasteiger partial charge on any atom is -0.493 e. The maximum absolute atomic E-state index is 5.63. The van der Waals surface area contributed by atoms with Crippen LogP contribution in [0, 0.1) is 6.92 Å². The van der Waals surface area contributed by atoms with Crippen LogP contribution < -0.4 is 9.47 Å². The first-order valence-corrected chi connectivity index (χ1v) is 6.90. The average Bonchev–Trinajstić information content (AvgIpc) is 2.83. The first kappa shape index (κ1) is 12.2. The standard InChI is InChI=1S/C18H15NO2/c1-10-8-11-9-14(20-2)18(21-3)16-12-6-4-5-7-13(12)17(19-10)15(11)16/h4-9H,1-3H3. The van der Waals surface area contributed by atoms with Gasteiger partial charge in [0.05, 0.1) is 19.9 Å². The second-order valence-corrected chi connectivity index (χ2v) is 5.24. The number of hydrogen-bond acceptors (Lipinski definition) is 3. The molecule has 0 aliphatic heterocycles. The molecule has 104 valence electrons. The van der Waals surface area contributed by atoms with Crippen LogP contribution in [-0.4, -0.2) is 19.2 Å². The van der Waals surface area contributed by atoms with Crippen molar-refractivity contribution in [2.24, 2.45) is 0 Å². The average molecular weight is 277 g/mol. The van der Waals surface area contributed by atoms with Crippen LogP contribution >= 0.6 is 0 Å². The molecule has 0 saturated carbocycles. The molecule has 1 aliphatic rings. The molecule has 3 aromatic rings. The van der Waals surface area contributed by atoms with Crippen molar-refractivity contribution in [2.45, 2.75) is 6.92 Å². The van der Waals surface area contributed by atoms with E-state index in [1.807, 2.05) is 25.1 Å². The van der Waals surface area contributed by atoms with E-state index >= 15 is 0 Å². The zero-order valence-electron chi connectivity index (χ0n) is 12.2. The van der Waals surface area contributed by atoms with Crippen LogP contribution in [0.25, 0.3) is 33.2 Å². The molecule has 1 aromatic heterocycles. The van der Waals surface area contributed by atoms with Gasteiger partial charge >= 0.3 is 0 Å². The first-order chi connectivity index (χ1) is 10.2. The predicted octanol–water partition coefficient (Wildman–Crippen LogP) is 4.21. The van der Waals surface area contributed by atoms with Crippen LogP contribution in [0.4, 0.5) is 0 Å². The molecule has 3 nitrogen and oxygen atoms in total. The lowest BCUT2D eigenvalue weighted by atomic mass is 10.0. The monoisotopic (exact) mass is 277 g/mol. The van der Waals surface area contributed by atoms with Gasteiger partial charge in [0.25, 0.3) is 0 Å². The SMILES string of the molecule is COc1cc2cc(C)nc3c2c(c1OC)-c1ccccc1-3. The number of fused-ring (bicyclic) bond motifs is 3. The van der Waals surface area contributed by atoms with Gasteiger partial charge in [0.15, 0.2) is 11.5 Å². The van der Waals surface area contributed by atoms with Crippen LogP contribution in [-0.2, 0) is 0 Å². The molecule has 0 spiro atoms. The van der Waals surface area contributed by atoms with Gasteiger partial charge in [-0.25, -0.2) is 0 Å². The van der Waals surface area contributed by atoms with Gasteiger partial charge in [0.2, 0.25) is 0 Å². The molecule has 0 N–H and O–H groups in total. The minimum absolute atomic E-state index is 0.758. The molecular weight excluding hydrogens is 262 g/mol. The number of methoxy groups -OCH3 is 2. The molecule has 1 heterocycles. The van der Waals surface area contributed by atoms with E-state index in [-0.39, 0.29) is 0 Å². The quantitative estimate of drug-likeness (QED) is 0.550. The largest absolute Gasteiger partial charge is 0.493 e. The highest BCUT2D eigenvalue weighted by molar-refractivity contribution is 6.16. The summed E-state index contributed by atoms with van der Waals surface area (Å²) in [5.41, 5.74) is 5.45. The minimum atomic E-state index is 0.758. The summed E-state index contributed by atoms with van der Waals surface area (Å²) >= 11 is 0. The summed E-state index contributed by atoms with van der Waals surface area (Å²) in [5.74, 6) is 1.54. The Morgan fingerprint density at radius 3 is 2.43 bits per heavy atom. The highest BCUT2D eigenvalue weighted by Crippen LogP contribution is 2.53. The summed E-state index contributed by atoms with van der Waals surface area (Å²) in [5, 5.41) is 2.29. The number of rotatable bonds is 2. The lowest BCUT2D eigenvalue weighted by Gasteiger charge is -2.13. The highest BCUT2D eigenvalue weighted by Gasteiger charge is 2.28. The van der Waals surface area contributed by atoms with Gasteiger partial charge in [-0.15, -0.1) is 0 Å². The van der Waals surface area contributed by atoms with Crippen LogP contribution in [0.2, 0.25) is 0 Å². The summed E-state index contributed by atoms with van der Waals surface area (Å²) < 4.78 is 11.2. The molecule has 2 aromatic carbocycles. The Morgan fingerprint density at radius 1 is 0.952 bits per heavy atom. The summed E-state index contributed by atoms with van der Waals surface area (Å²) in [7, 11) is 3.36. The fourth-order valence-electron chi connectivity index (χ4n) is 3.23. The van der Waals surface area contributed by atoms with Gasteiger partial charge in [0.1, 0.15) is 0 Å². The van der Waals surface area contributed by atoms with Crippen molar-refractivity contribution in [1.29, 1.82) is 0 Å². The number of hydrogen-bond donors (Lipinski definition) is 0. The van der Waals surface area contributed by atoms with Crippen LogP contribution in [0.15, 0.2) is 36.4 Å². The zero-order valence-corrected chi connectivity index (χ0v) is 12.2. The summed E-state index contributed by atoms with van der Waals surface area (Å²) in [6, 6.07) is 12.4. The fourth-order valence-corrected chi connectivity index (χ4v) is 3.23. The first-order valence-electron chi connectivity index (χ1n) is 6.90. The molecule has 0 atom stereocenters. The lowest BCUT2D eigenvalue weighted by molar-refractivity contribution is 0.357. The predicted molar refractivity (Wildman–Crippen MR) is 84.0 cm³/mol. The Labute approximate surface area is 123 Å². The van der Waals surface area contributed by atoms with Crippen LogP contribution in [0.1, 0.15) is 5.69 Å². The summed E-state index contributed by atoms with van der Waals surface area (Å²) in [4.78, 5) is 4.75. The smallest absolute Gasteiger partial charge is 0.169 e. The van der Waals surface area contributed by atoms with Gasteiger partial charge in [-0.1, -0.05) is 24.3 Å². The van der Waals surface area contributed by atoms with Crippen LogP contribution in [0.3, 0.4) is 0 Å². The molecule has 0 saturated heterocycles. The maximum Gasteiger partial charge on any atom is 0.169 e. The van der Waals surface area contributed by atoms with Crippen molar-refractivity contribution in [3.8, 4) is 33.9 Å². The van der Waals surface area contributed by atoms with Crippen molar-refractivity contribution in [2.75, 3.05) is 14.2 Å². The van der Waals surface area contributed by atoms with Crippen molar-refractivity contribution >= 4 is 10.8 Å².